The summed E-state index contributed by atoms with van der Waals surface area (Å²) in [5.41, 5.74) is 2.36. The first kappa shape index (κ1) is 8.78. The van der Waals surface area contributed by atoms with Gasteiger partial charge in [-0.1, -0.05) is 6.08 Å². The summed E-state index contributed by atoms with van der Waals surface area (Å²) in [6, 6.07) is 2.00. The molecule has 1 atom stereocenters. The number of rotatable bonds is 1. The van der Waals surface area contributed by atoms with E-state index in [1.807, 2.05) is 17.8 Å². The van der Waals surface area contributed by atoms with E-state index < -0.39 is 0 Å². The molecule has 2 rings (SSSR count). The van der Waals surface area contributed by atoms with E-state index in [0.29, 0.717) is 0 Å². The van der Waals surface area contributed by atoms with Crippen LogP contribution in [0.4, 0.5) is 0 Å². The molecule has 0 spiro atoms. The molecule has 0 saturated carbocycles. The summed E-state index contributed by atoms with van der Waals surface area (Å²) < 4.78 is 1.86. The molecule has 70 valence electrons. The molecule has 1 aromatic rings. The van der Waals surface area contributed by atoms with Gasteiger partial charge in [0.2, 0.25) is 0 Å². The van der Waals surface area contributed by atoms with E-state index in [2.05, 4.69) is 16.5 Å². The molecule has 0 saturated heterocycles. The normalized spacial score (nSPS) is 22.9. The van der Waals surface area contributed by atoms with Crippen molar-refractivity contribution in [1.82, 2.24) is 15.1 Å². The Morgan fingerprint density at radius 2 is 2.54 bits per heavy atom. The maximum Gasteiger partial charge on any atom is 0.0648 e. The number of alkyl halides is 1. The summed E-state index contributed by atoms with van der Waals surface area (Å²) in [4.78, 5) is 0. The van der Waals surface area contributed by atoms with Crippen molar-refractivity contribution in [1.29, 1.82) is 0 Å². The van der Waals surface area contributed by atoms with E-state index in [1.165, 1.54) is 5.57 Å². The quantitative estimate of drug-likeness (QED) is 0.682. The van der Waals surface area contributed by atoms with Crippen LogP contribution in [0.3, 0.4) is 0 Å². The van der Waals surface area contributed by atoms with E-state index in [-0.39, 0.29) is 5.38 Å². The molecular formula is C9H12ClN3. The van der Waals surface area contributed by atoms with Crippen molar-refractivity contribution in [3.63, 3.8) is 0 Å². The molecule has 1 aliphatic heterocycles. The molecule has 0 aromatic carbocycles. The molecule has 0 radical (unpaired) electrons. The van der Waals surface area contributed by atoms with Gasteiger partial charge >= 0.3 is 0 Å². The Bertz CT molecular complexity index is 329. The Morgan fingerprint density at radius 1 is 1.69 bits per heavy atom. The van der Waals surface area contributed by atoms with E-state index in [1.54, 1.807) is 6.20 Å². The average molecular weight is 198 g/mol. The molecular weight excluding hydrogens is 186 g/mol. The maximum atomic E-state index is 6.01. The third kappa shape index (κ3) is 1.76. The van der Waals surface area contributed by atoms with Gasteiger partial charge in [-0.25, -0.2) is 0 Å². The Kier molecular flexibility index (Phi) is 2.38. The molecule has 13 heavy (non-hydrogen) atoms. The molecule has 2 heterocycles. The molecule has 0 fully saturated rings. The standard InChI is InChI=1S/C9H12ClN3/c1-13-9(2-3-12-13)7-4-8(10)6-11-5-7/h2-4,8,11H,5-6H2,1H3. The summed E-state index contributed by atoms with van der Waals surface area (Å²) >= 11 is 6.01. The van der Waals surface area contributed by atoms with Crippen LogP contribution in [0.2, 0.25) is 0 Å². The summed E-state index contributed by atoms with van der Waals surface area (Å²) in [5, 5.41) is 7.48. The fourth-order valence-electron chi connectivity index (χ4n) is 1.55. The Morgan fingerprint density at radius 3 is 3.15 bits per heavy atom. The molecule has 1 unspecified atom stereocenters. The van der Waals surface area contributed by atoms with Gasteiger partial charge < -0.3 is 5.32 Å². The highest BCUT2D eigenvalue weighted by Crippen LogP contribution is 2.17. The van der Waals surface area contributed by atoms with Gasteiger partial charge in [-0.15, -0.1) is 11.6 Å². The van der Waals surface area contributed by atoms with Gasteiger partial charge in [0.1, 0.15) is 0 Å². The summed E-state index contributed by atoms with van der Waals surface area (Å²) in [6.07, 6.45) is 3.89. The number of nitrogens with one attached hydrogen (secondary N) is 1. The number of halogens is 1. The zero-order valence-electron chi connectivity index (χ0n) is 7.50. The van der Waals surface area contributed by atoms with Crippen LogP contribution in [0.25, 0.3) is 5.57 Å². The highest BCUT2D eigenvalue weighted by Gasteiger charge is 2.13. The Balaban J connectivity index is 2.30. The third-order valence-corrected chi connectivity index (χ3v) is 2.47. The largest absolute Gasteiger partial charge is 0.311 e. The second-order valence-electron chi connectivity index (χ2n) is 3.18. The van der Waals surface area contributed by atoms with Crippen LogP contribution in [0.1, 0.15) is 5.69 Å². The number of hydrogen-bond donors (Lipinski definition) is 1. The fraction of sp³-hybridized carbons (Fsp3) is 0.444. The molecule has 1 aromatic heterocycles. The minimum Gasteiger partial charge on any atom is -0.311 e. The summed E-state index contributed by atoms with van der Waals surface area (Å²) in [7, 11) is 1.94. The first-order valence-corrected chi connectivity index (χ1v) is 4.75. The lowest BCUT2D eigenvalue weighted by atomic mass is 10.1. The topological polar surface area (TPSA) is 29.9 Å². The average Bonchev–Trinajstić information content (AvgIpc) is 2.51. The first-order valence-electron chi connectivity index (χ1n) is 4.31. The van der Waals surface area contributed by atoms with Crippen LogP contribution in [0.5, 0.6) is 0 Å². The molecule has 1 aliphatic rings. The van der Waals surface area contributed by atoms with E-state index in [9.17, 15) is 0 Å². The Hall–Kier alpha value is -0.800. The van der Waals surface area contributed by atoms with Crippen molar-refractivity contribution >= 4 is 17.2 Å². The molecule has 0 amide bonds. The number of hydrogen-bond acceptors (Lipinski definition) is 2. The molecule has 0 aliphatic carbocycles. The van der Waals surface area contributed by atoms with E-state index >= 15 is 0 Å². The van der Waals surface area contributed by atoms with E-state index in [0.717, 1.165) is 18.8 Å². The van der Waals surface area contributed by atoms with Crippen molar-refractivity contribution < 1.29 is 0 Å². The highest BCUT2D eigenvalue weighted by atomic mass is 35.5. The van der Waals surface area contributed by atoms with Crippen LogP contribution < -0.4 is 5.32 Å². The van der Waals surface area contributed by atoms with Crippen LogP contribution in [0, 0.1) is 0 Å². The van der Waals surface area contributed by atoms with Gasteiger partial charge in [-0.05, 0) is 11.6 Å². The predicted molar refractivity (Wildman–Crippen MR) is 53.7 cm³/mol. The highest BCUT2D eigenvalue weighted by molar-refractivity contribution is 6.22. The van der Waals surface area contributed by atoms with Crippen molar-refractivity contribution in [2.45, 2.75) is 5.38 Å². The number of aryl methyl sites for hydroxylation is 1. The number of aromatic nitrogens is 2. The lowest BCUT2D eigenvalue weighted by Crippen LogP contribution is -2.29. The lowest BCUT2D eigenvalue weighted by Gasteiger charge is -2.17. The van der Waals surface area contributed by atoms with Crippen molar-refractivity contribution in [2.75, 3.05) is 13.1 Å². The van der Waals surface area contributed by atoms with Gasteiger partial charge in [0, 0.05) is 26.3 Å². The second-order valence-corrected chi connectivity index (χ2v) is 3.74. The van der Waals surface area contributed by atoms with Gasteiger partial charge in [-0.3, -0.25) is 4.68 Å². The van der Waals surface area contributed by atoms with Gasteiger partial charge in [0.15, 0.2) is 0 Å². The lowest BCUT2D eigenvalue weighted by molar-refractivity contribution is 0.716. The van der Waals surface area contributed by atoms with Gasteiger partial charge in [0.25, 0.3) is 0 Å². The van der Waals surface area contributed by atoms with Crippen molar-refractivity contribution in [3.05, 3.63) is 24.0 Å². The second kappa shape index (κ2) is 3.52. The minimum atomic E-state index is 0.0960. The third-order valence-electron chi connectivity index (χ3n) is 2.19. The summed E-state index contributed by atoms with van der Waals surface area (Å²) in [6.45, 7) is 1.73. The molecule has 1 N–H and O–H groups in total. The van der Waals surface area contributed by atoms with Crippen LogP contribution in [-0.4, -0.2) is 28.2 Å². The predicted octanol–water partition coefficient (Wildman–Crippen LogP) is 1.01. The fourth-order valence-corrected chi connectivity index (χ4v) is 1.81. The van der Waals surface area contributed by atoms with Crippen molar-refractivity contribution in [3.8, 4) is 0 Å². The minimum absolute atomic E-state index is 0.0960. The monoisotopic (exact) mass is 197 g/mol. The smallest absolute Gasteiger partial charge is 0.0648 e. The van der Waals surface area contributed by atoms with Crippen LogP contribution in [-0.2, 0) is 7.05 Å². The van der Waals surface area contributed by atoms with Crippen LogP contribution >= 0.6 is 11.6 Å². The first-order chi connectivity index (χ1) is 6.27. The maximum absolute atomic E-state index is 6.01. The zero-order chi connectivity index (χ0) is 9.26. The molecule has 3 nitrogen and oxygen atoms in total. The molecule has 4 heteroatoms. The van der Waals surface area contributed by atoms with Gasteiger partial charge in [0.05, 0.1) is 11.1 Å². The van der Waals surface area contributed by atoms with Gasteiger partial charge in [-0.2, -0.15) is 5.10 Å². The molecule has 0 bridgehead atoms. The Labute approximate surface area is 82.4 Å². The van der Waals surface area contributed by atoms with Crippen LogP contribution in [0.15, 0.2) is 18.3 Å². The zero-order valence-corrected chi connectivity index (χ0v) is 8.25. The van der Waals surface area contributed by atoms with Crippen molar-refractivity contribution in [2.24, 2.45) is 7.05 Å². The SMILES string of the molecule is Cn1nccc1C1=CC(Cl)CNC1. The summed E-state index contributed by atoms with van der Waals surface area (Å²) in [5.74, 6) is 0. The number of nitrogens with zero attached hydrogens (tertiary/aromatic N) is 2. The van der Waals surface area contributed by atoms with E-state index in [4.69, 9.17) is 11.6 Å².